The third-order valence-electron chi connectivity index (χ3n) is 2.57. The third-order valence-corrected chi connectivity index (χ3v) is 3.07. The molecule has 2 rings (SSSR count). The smallest absolute Gasteiger partial charge is 0.144 e. The van der Waals surface area contributed by atoms with Crippen molar-refractivity contribution in [2.24, 2.45) is 0 Å². The highest BCUT2D eigenvalue weighted by Gasteiger charge is 2.10. The predicted molar refractivity (Wildman–Crippen MR) is 75.7 cm³/mol. The molecule has 1 heterocycles. The lowest BCUT2D eigenvalue weighted by Crippen LogP contribution is -2.00. The first-order valence-corrected chi connectivity index (χ1v) is 6.48. The van der Waals surface area contributed by atoms with Crippen molar-refractivity contribution in [1.82, 2.24) is 4.98 Å². The van der Waals surface area contributed by atoms with Gasteiger partial charge in [0.15, 0.2) is 0 Å². The van der Waals surface area contributed by atoms with Gasteiger partial charge in [-0.15, -0.1) is 0 Å². The highest BCUT2D eigenvalue weighted by atomic mass is 35.5. The van der Waals surface area contributed by atoms with Crippen LogP contribution in [0.3, 0.4) is 0 Å². The van der Waals surface area contributed by atoms with Gasteiger partial charge in [-0.2, -0.15) is 0 Å². The van der Waals surface area contributed by atoms with Crippen molar-refractivity contribution in [3.8, 4) is 5.75 Å². The number of rotatable bonds is 4. The van der Waals surface area contributed by atoms with E-state index in [4.69, 9.17) is 27.9 Å². The van der Waals surface area contributed by atoms with Gasteiger partial charge < -0.3 is 9.84 Å². The standard InChI is InChI=1S/C14H13Cl2NO2/c1-9-2-10(6-17-5-9)8-19-14-11(7-18)3-12(15)4-13(14)16/h2-6,18H,7-8H2,1H3. The molecule has 5 heteroatoms. The highest BCUT2D eigenvalue weighted by molar-refractivity contribution is 6.35. The first kappa shape index (κ1) is 14.1. The molecule has 0 saturated heterocycles. The number of pyridine rings is 1. The zero-order valence-electron chi connectivity index (χ0n) is 10.4. The fourth-order valence-electron chi connectivity index (χ4n) is 1.74. The van der Waals surface area contributed by atoms with Crippen molar-refractivity contribution in [2.75, 3.05) is 0 Å². The molecule has 0 bridgehead atoms. The van der Waals surface area contributed by atoms with Crippen LogP contribution in [-0.2, 0) is 13.2 Å². The van der Waals surface area contributed by atoms with Crippen LogP contribution in [0.1, 0.15) is 16.7 Å². The predicted octanol–water partition coefficient (Wildman–Crippen LogP) is 3.77. The Labute approximate surface area is 121 Å². The molecule has 2 aromatic rings. The summed E-state index contributed by atoms with van der Waals surface area (Å²) in [5, 5.41) is 10.2. The van der Waals surface area contributed by atoms with E-state index in [9.17, 15) is 5.11 Å². The number of aliphatic hydroxyl groups excluding tert-OH is 1. The Balaban J connectivity index is 2.19. The molecule has 0 aliphatic heterocycles. The van der Waals surface area contributed by atoms with Crippen molar-refractivity contribution in [3.63, 3.8) is 0 Å². The van der Waals surface area contributed by atoms with E-state index in [0.29, 0.717) is 28.0 Å². The van der Waals surface area contributed by atoms with E-state index in [-0.39, 0.29) is 6.61 Å². The lowest BCUT2D eigenvalue weighted by atomic mass is 10.2. The van der Waals surface area contributed by atoms with Gasteiger partial charge in [0.2, 0.25) is 0 Å². The van der Waals surface area contributed by atoms with Crippen molar-refractivity contribution in [2.45, 2.75) is 20.1 Å². The van der Waals surface area contributed by atoms with Gasteiger partial charge in [0.1, 0.15) is 12.4 Å². The number of aliphatic hydroxyl groups is 1. The second-order valence-corrected chi connectivity index (χ2v) is 5.04. The molecule has 0 spiro atoms. The minimum Gasteiger partial charge on any atom is -0.487 e. The zero-order chi connectivity index (χ0) is 13.8. The number of benzene rings is 1. The van der Waals surface area contributed by atoms with E-state index >= 15 is 0 Å². The highest BCUT2D eigenvalue weighted by Crippen LogP contribution is 2.33. The fraction of sp³-hybridized carbons (Fsp3) is 0.214. The SMILES string of the molecule is Cc1cncc(COc2c(Cl)cc(Cl)cc2CO)c1. The number of ether oxygens (including phenoxy) is 1. The van der Waals surface area contributed by atoms with Crippen LogP contribution < -0.4 is 4.74 Å². The van der Waals surface area contributed by atoms with Gasteiger partial charge in [-0.3, -0.25) is 4.98 Å². The van der Waals surface area contributed by atoms with Gasteiger partial charge in [-0.1, -0.05) is 23.2 Å². The fourth-order valence-corrected chi connectivity index (χ4v) is 2.33. The number of nitrogens with zero attached hydrogens (tertiary/aromatic N) is 1. The summed E-state index contributed by atoms with van der Waals surface area (Å²) in [5.74, 6) is 0.454. The van der Waals surface area contributed by atoms with Crippen molar-refractivity contribution in [1.29, 1.82) is 0 Å². The summed E-state index contributed by atoms with van der Waals surface area (Å²) in [7, 11) is 0. The Morgan fingerprint density at radius 3 is 2.68 bits per heavy atom. The lowest BCUT2D eigenvalue weighted by Gasteiger charge is -2.12. The summed E-state index contributed by atoms with van der Waals surface area (Å²) in [4.78, 5) is 4.09. The van der Waals surface area contributed by atoms with Crippen LogP contribution in [0.25, 0.3) is 0 Å². The monoisotopic (exact) mass is 297 g/mol. The first-order valence-electron chi connectivity index (χ1n) is 5.72. The van der Waals surface area contributed by atoms with Crippen molar-refractivity contribution >= 4 is 23.2 Å². The molecule has 1 N–H and O–H groups in total. The Morgan fingerprint density at radius 2 is 2.00 bits per heavy atom. The normalized spacial score (nSPS) is 10.5. The number of halogens is 2. The average Bonchev–Trinajstić information content (AvgIpc) is 2.37. The van der Waals surface area contributed by atoms with Gasteiger partial charge in [0.25, 0.3) is 0 Å². The molecule has 1 aromatic heterocycles. The number of hydrogen-bond acceptors (Lipinski definition) is 3. The second-order valence-electron chi connectivity index (χ2n) is 4.19. The maximum Gasteiger partial charge on any atom is 0.144 e. The second kappa shape index (κ2) is 6.24. The Bertz CT molecular complexity index is 588. The maximum atomic E-state index is 9.30. The summed E-state index contributed by atoms with van der Waals surface area (Å²) in [5.41, 5.74) is 2.57. The zero-order valence-corrected chi connectivity index (χ0v) is 11.9. The molecular weight excluding hydrogens is 285 g/mol. The largest absolute Gasteiger partial charge is 0.487 e. The van der Waals surface area contributed by atoms with Crippen LogP contribution in [0, 0.1) is 6.92 Å². The minimum absolute atomic E-state index is 0.179. The van der Waals surface area contributed by atoms with Crippen molar-refractivity contribution < 1.29 is 9.84 Å². The Hall–Kier alpha value is -1.29. The molecule has 100 valence electrons. The Kier molecular flexibility index (Phi) is 4.64. The topological polar surface area (TPSA) is 42.4 Å². The van der Waals surface area contributed by atoms with Gasteiger partial charge in [-0.25, -0.2) is 0 Å². The summed E-state index contributed by atoms with van der Waals surface area (Å²) in [6.07, 6.45) is 3.51. The molecule has 0 aliphatic carbocycles. The summed E-state index contributed by atoms with van der Waals surface area (Å²) < 4.78 is 5.66. The summed E-state index contributed by atoms with van der Waals surface area (Å²) >= 11 is 12.0. The molecule has 1 aromatic carbocycles. The minimum atomic E-state index is -0.179. The number of hydrogen-bond donors (Lipinski definition) is 1. The Morgan fingerprint density at radius 1 is 1.21 bits per heavy atom. The van der Waals surface area contributed by atoms with E-state index in [0.717, 1.165) is 11.1 Å². The molecule has 0 atom stereocenters. The molecule has 0 saturated carbocycles. The van der Waals surface area contributed by atoms with Gasteiger partial charge in [0, 0.05) is 28.5 Å². The molecule has 0 unspecified atom stereocenters. The molecule has 0 amide bonds. The maximum absolute atomic E-state index is 9.30. The van der Waals surface area contributed by atoms with Gasteiger partial charge in [0.05, 0.1) is 11.6 Å². The summed E-state index contributed by atoms with van der Waals surface area (Å²) in [6.45, 7) is 2.12. The molecule has 0 radical (unpaired) electrons. The number of aromatic nitrogens is 1. The molecule has 0 aliphatic rings. The number of aryl methyl sites for hydroxylation is 1. The van der Waals surface area contributed by atoms with Crippen LogP contribution in [0.4, 0.5) is 0 Å². The van der Waals surface area contributed by atoms with E-state index in [1.807, 2.05) is 13.0 Å². The third kappa shape index (κ3) is 3.60. The molecule has 3 nitrogen and oxygen atoms in total. The molecular formula is C14H13Cl2NO2. The quantitative estimate of drug-likeness (QED) is 0.934. The van der Waals surface area contributed by atoms with E-state index < -0.39 is 0 Å². The van der Waals surface area contributed by atoms with Crippen molar-refractivity contribution in [3.05, 3.63) is 57.3 Å². The van der Waals surface area contributed by atoms with Crippen LogP contribution in [0.2, 0.25) is 10.0 Å². The lowest BCUT2D eigenvalue weighted by molar-refractivity contribution is 0.259. The van der Waals surface area contributed by atoms with E-state index in [1.165, 1.54) is 0 Å². The van der Waals surface area contributed by atoms with Crippen LogP contribution >= 0.6 is 23.2 Å². The summed E-state index contributed by atoms with van der Waals surface area (Å²) in [6, 6.07) is 5.21. The average molecular weight is 298 g/mol. The van der Waals surface area contributed by atoms with Crippen LogP contribution in [0.15, 0.2) is 30.6 Å². The van der Waals surface area contributed by atoms with E-state index in [1.54, 1.807) is 24.5 Å². The first-order chi connectivity index (χ1) is 9.10. The molecule has 19 heavy (non-hydrogen) atoms. The molecule has 0 fully saturated rings. The van der Waals surface area contributed by atoms with E-state index in [2.05, 4.69) is 4.98 Å². The van der Waals surface area contributed by atoms with Crippen LogP contribution in [-0.4, -0.2) is 10.1 Å². The van der Waals surface area contributed by atoms with Crippen LogP contribution in [0.5, 0.6) is 5.75 Å². The van der Waals surface area contributed by atoms with Gasteiger partial charge >= 0.3 is 0 Å². The van der Waals surface area contributed by atoms with Gasteiger partial charge in [-0.05, 0) is 30.7 Å².